The van der Waals surface area contributed by atoms with Crippen molar-refractivity contribution in [1.82, 2.24) is 0 Å². The fourth-order valence-electron chi connectivity index (χ4n) is 4.45. The Balaban J connectivity index is 1.57. The number of esters is 1. The minimum absolute atomic E-state index is 0.164. The number of hydrogen-bond acceptors (Lipinski definition) is 9. The Labute approximate surface area is 238 Å². The second-order valence-electron chi connectivity index (χ2n) is 11.3. The van der Waals surface area contributed by atoms with Crippen LogP contribution in [0.3, 0.4) is 0 Å². The molecule has 0 atom stereocenters. The highest BCUT2D eigenvalue weighted by Gasteiger charge is 2.53. The highest BCUT2D eigenvalue weighted by atomic mass is 17.2. The Morgan fingerprint density at radius 2 is 1.22 bits per heavy atom. The van der Waals surface area contributed by atoms with Crippen molar-refractivity contribution in [1.29, 1.82) is 0 Å². The number of benzene rings is 3. The largest absolute Gasteiger partial charge is 0.456 e. The molecule has 41 heavy (non-hydrogen) atoms. The molecule has 0 unspecified atom stereocenters. The minimum Gasteiger partial charge on any atom is -0.456 e. The Bertz CT molecular complexity index is 1450. The van der Waals surface area contributed by atoms with Gasteiger partial charge in [0.15, 0.2) is 5.60 Å². The van der Waals surface area contributed by atoms with E-state index in [9.17, 15) is 14.4 Å². The maximum Gasteiger partial charge on any atom is 0.373 e. The van der Waals surface area contributed by atoms with Gasteiger partial charge in [0.2, 0.25) is 0 Å². The third-order valence-corrected chi connectivity index (χ3v) is 7.57. The van der Waals surface area contributed by atoms with Gasteiger partial charge in [0.05, 0.1) is 16.7 Å². The molecule has 9 heteroatoms. The summed E-state index contributed by atoms with van der Waals surface area (Å²) in [6, 6.07) is 16.5. The van der Waals surface area contributed by atoms with Gasteiger partial charge < -0.3 is 9.47 Å². The zero-order chi connectivity index (χ0) is 29.6. The highest BCUT2D eigenvalue weighted by molar-refractivity contribution is 5.98. The molecular weight excluding hydrogens is 528 g/mol. The zero-order valence-corrected chi connectivity index (χ0v) is 23.9. The molecule has 2 heterocycles. The van der Waals surface area contributed by atoms with E-state index in [-0.39, 0.29) is 22.6 Å². The van der Waals surface area contributed by atoms with Gasteiger partial charge in [0.1, 0.15) is 22.7 Å². The second-order valence-corrected chi connectivity index (χ2v) is 11.3. The van der Waals surface area contributed by atoms with Crippen LogP contribution in [-0.4, -0.2) is 29.1 Å². The molecule has 2 aliphatic heterocycles. The maximum absolute atomic E-state index is 13.1. The zero-order valence-electron chi connectivity index (χ0n) is 23.9. The van der Waals surface area contributed by atoms with Crippen LogP contribution in [0.4, 0.5) is 0 Å². The van der Waals surface area contributed by atoms with E-state index >= 15 is 0 Å². The molecule has 0 bridgehead atoms. The molecule has 214 valence electrons. The highest BCUT2D eigenvalue weighted by Crippen LogP contribution is 2.56. The summed E-state index contributed by atoms with van der Waals surface area (Å²) < 4.78 is 12.4. The summed E-state index contributed by atoms with van der Waals surface area (Å²) in [5.74, 6) is -1.43. The summed E-state index contributed by atoms with van der Waals surface area (Å²) in [5, 5.41) is 0. The Morgan fingerprint density at radius 1 is 0.732 bits per heavy atom. The van der Waals surface area contributed by atoms with Gasteiger partial charge in [-0.05, 0) is 83.0 Å². The van der Waals surface area contributed by atoms with Crippen LogP contribution >= 0.6 is 0 Å². The first-order chi connectivity index (χ1) is 19.4. The first-order valence-electron chi connectivity index (χ1n) is 13.5. The van der Waals surface area contributed by atoms with E-state index in [4.69, 9.17) is 29.0 Å². The molecule has 3 aromatic rings. The van der Waals surface area contributed by atoms with Gasteiger partial charge in [0, 0.05) is 16.7 Å². The van der Waals surface area contributed by atoms with Gasteiger partial charge >= 0.3 is 17.9 Å². The molecule has 0 saturated heterocycles. The van der Waals surface area contributed by atoms with Crippen molar-refractivity contribution in [2.75, 3.05) is 0 Å². The van der Waals surface area contributed by atoms with Gasteiger partial charge in [-0.15, -0.1) is 0 Å². The first-order valence-corrected chi connectivity index (χ1v) is 13.5. The lowest BCUT2D eigenvalue weighted by Crippen LogP contribution is -2.33. The summed E-state index contributed by atoms with van der Waals surface area (Å²) in [7, 11) is 0. The van der Waals surface area contributed by atoms with Crippen LogP contribution in [0.2, 0.25) is 0 Å². The molecule has 1 spiro atoms. The third kappa shape index (κ3) is 5.07. The van der Waals surface area contributed by atoms with E-state index in [1.807, 2.05) is 26.0 Å². The Kier molecular flexibility index (Phi) is 7.13. The SMILES string of the molecule is CCC(C)(C)OOC(=O)c1ccc2c(c1)Oc1cc(C(=O)OOC(C)(C)CC)ccc1C21OC(=O)c2ccccc21. The van der Waals surface area contributed by atoms with Crippen LogP contribution in [0.1, 0.15) is 102 Å². The summed E-state index contributed by atoms with van der Waals surface area (Å²) in [5.41, 5.74) is -0.321. The summed E-state index contributed by atoms with van der Waals surface area (Å²) >= 11 is 0. The van der Waals surface area contributed by atoms with Crippen LogP contribution < -0.4 is 4.74 Å². The van der Waals surface area contributed by atoms with Gasteiger partial charge in [-0.25, -0.2) is 14.4 Å². The van der Waals surface area contributed by atoms with Crippen molar-refractivity contribution in [2.45, 2.75) is 71.2 Å². The van der Waals surface area contributed by atoms with Crippen LogP contribution in [0.25, 0.3) is 0 Å². The quantitative estimate of drug-likeness (QED) is 0.167. The number of carbonyl (C=O) groups is 3. The van der Waals surface area contributed by atoms with Crippen molar-refractivity contribution in [3.8, 4) is 11.5 Å². The van der Waals surface area contributed by atoms with Crippen molar-refractivity contribution < 1.29 is 43.4 Å². The Morgan fingerprint density at radius 3 is 1.71 bits per heavy atom. The average molecular weight is 561 g/mol. The third-order valence-electron chi connectivity index (χ3n) is 7.57. The minimum atomic E-state index is -1.37. The molecule has 0 radical (unpaired) electrons. The van der Waals surface area contributed by atoms with Crippen LogP contribution in [0.5, 0.6) is 11.5 Å². The molecule has 2 aliphatic rings. The van der Waals surface area contributed by atoms with E-state index in [1.165, 1.54) is 12.1 Å². The molecular formula is C32H32O9. The predicted octanol–water partition coefficient (Wildman–Crippen LogP) is 6.81. The number of carbonyl (C=O) groups excluding carboxylic acids is 3. The standard InChI is InChI=1S/C32H32O9/c1-7-30(3,4)40-38-27(33)19-13-15-23-25(17-19)36-26-18-20(28(34)39-41-31(5,6)8-2)14-16-24(26)32(23)22-12-10-9-11-21(22)29(35)37-32/h9-18H,7-8H2,1-6H3. The molecule has 0 fully saturated rings. The molecule has 0 aromatic heterocycles. The van der Waals surface area contributed by atoms with Crippen LogP contribution in [-0.2, 0) is 29.9 Å². The van der Waals surface area contributed by atoms with Gasteiger partial charge in [-0.2, -0.15) is 9.78 Å². The fraction of sp³-hybridized carbons (Fsp3) is 0.344. The predicted molar refractivity (Wildman–Crippen MR) is 146 cm³/mol. The van der Waals surface area contributed by atoms with Crippen LogP contribution in [0.15, 0.2) is 60.7 Å². The Hall–Kier alpha value is -4.21. The van der Waals surface area contributed by atoms with Gasteiger partial charge in [0.25, 0.3) is 0 Å². The summed E-state index contributed by atoms with van der Waals surface area (Å²) in [6.07, 6.45) is 1.26. The molecule has 9 nitrogen and oxygen atoms in total. The maximum atomic E-state index is 13.1. The normalized spacial score (nSPS) is 14.8. The second kappa shape index (κ2) is 10.3. The topological polar surface area (TPSA) is 107 Å². The number of hydrogen-bond donors (Lipinski definition) is 0. The first kappa shape index (κ1) is 28.3. The summed E-state index contributed by atoms with van der Waals surface area (Å²) in [4.78, 5) is 59.6. The van der Waals surface area contributed by atoms with E-state index in [0.29, 0.717) is 35.1 Å². The lowest BCUT2D eigenvalue weighted by Gasteiger charge is -2.36. The van der Waals surface area contributed by atoms with Crippen molar-refractivity contribution in [3.63, 3.8) is 0 Å². The van der Waals surface area contributed by atoms with Crippen molar-refractivity contribution in [3.05, 3.63) is 94.0 Å². The fourth-order valence-corrected chi connectivity index (χ4v) is 4.45. The van der Waals surface area contributed by atoms with E-state index in [2.05, 4.69) is 0 Å². The van der Waals surface area contributed by atoms with Crippen molar-refractivity contribution in [2.24, 2.45) is 0 Å². The monoisotopic (exact) mass is 560 g/mol. The lowest BCUT2D eigenvalue weighted by atomic mass is 9.77. The summed E-state index contributed by atoms with van der Waals surface area (Å²) in [6.45, 7) is 11.1. The average Bonchev–Trinajstić information content (AvgIpc) is 3.26. The smallest absolute Gasteiger partial charge is 0.373 e. The molecule has 0 aliphatic carbocycles. The number of fused-ring (bicyclic) bond motifs is 6. The van der Waals surface area contributed by atoms with Crippen molar-refractivity contribution >= 4 is 17.9 Å². The van der Waals surface area contributed by atoms with E-state index in [1.54, 1.807) is 64.1 Å². The van der Waals surface area contributed by atoms with Gasteiger partial charge in [-0.3, -0.25) is 9.78 Å². The lowest BCUT2D eigenvalue weighted by molar-refractivity contribution is -0.307. The molecule has 3 aromatic carbocycles. The van der Waals surface area contributed by atoms with Gasteiger partial charge in [-0.1, -0.05) is 32.0 Å². The van der Waals surface area contributed by atoms with E-state index < -0.39 is 34.7 Å². The van der Waals surface area contributed by atoms with E-state index in [0.717, 1.165) is 0 Å². The van der Waals surface area contributed by atoms with Crippen LogP contribution in [0, 0.1) is 0 Å². The molecule has 5 rings (SSSR count). The molecule has 0 amide bonds. The number of ether oxygens (including phenoxy) is 2. The molecule has 0 saturated carbocycles. The number of rotatable bonds is 8. The molecule has 0 N–H and O–H groups in total.